The molecule has 1 unspecified atom stereocenters. The summed E-state index contributed by atoms with van der Waals surface area (Å²) in [5.74, 6) is -0.302. The molecule has 1 saturated heterocycles. The van der Waals surface area contributed by atoms with E-state index in [0.29, 0.717) is 26.1 Å². The molecular weight excluding hydrogens is 466 g/mol. The largest absolute Gasteiger partial charge is 0.466 e. The molecule has 0 aliphatic carbocycles. The third-order valence-electron chi connectivity index (χ3n) is 6.79. The van der Waals surface area contributed by atoms with Gasteiger partial charge in [-0.3, -0.25) is 9.69 Å². The van der Waals surface area contributed by atoms with Crippen molar-refractivity contribution in [1.29, 1.82) is 0 Å². The second-order valence-corrected chi connectivity index (χ2v) is 11.3. The lowest BCUT2D eigenvalue weighted by Gasteiger charge is -2.36. The van der Waals surface area contributed by atoms with Gasteiger partial charge >= 0.3 is 12.1 Å². The van der Waals surface area contributed by atoms with E-state index in [1.807, 2.05) is 53.7 Å². The third kappa shape index (κ3) is 8.06. The fourth-order valence-electron chi connectivity index (χ4n) is 5.12. The van der Waals surface area contributed by atoms with Crippen molar-refractivity contribution in [2.75, 3.05) is 13.2 Å². The number of carbonyl (C=O) groups excluding carboxylic acids is 2. The minimum atomic E-state index is -0.808. The van der Waals surface area contributed by atoms with Crippen LogP contribution >= 0.6 is 0 Å². The quantitative estimate of drug-likeness (QED) is 0.325. The molecule has 2 atom stereocenters. The highest BCUT2D eigenvalue weighted by molar-refractivity contribution is 5.73. The summed E-state index contributed by atoms with van der Waals surface area (Å²) >= 11 is 0. The second-order valence-electron chi connectivity index (χ2n) is 11.3. The zero-order valence-corrected chi connectivity index (χ0v) is 23.2. The Morgan fingerprint density at radius 2 is 1.57 bits per heavy atom. The molecule has 6 heteroatoms. The van der Waals surface area contributed by atoms with Crippen LogP contribution in [-0.4, -0.2) is 47.5 Å². The van der Waals surface area contributed by atoms with Gasteiger partial charge in [-0.15, -0.1) is 0 Å². The van der Waals surface area contributed by atoms with Gasteiger partial charge in [-0.1, -0.05) is 67.1 Å². The normalized spacial score (nSPS) is 18.0. The summed E-state index contributed by atoms with van der Waals surface area (Å²) in [6, 6.07) is 20.7. The lowest BCUT2D eigenvalue weighted by atomic mass is 9.85. The molecule has 0 aromatic heterocycles. The van der Waals surface area contributed by atoms with Crippen molar-refractivity contribution in [3.63, 3.8) is 0 Å². The van der Waals surface area contributed by atoms with Crippen LogP contribution in [0.15, 0.2) is 60.7 Å². The van der Waals surface area contributed by atoms with Gasteiger partial charge in [-0.25, -0.2) is 4.79 Å². The number of amides is 1. The van der Waals surface area contributed by atoms with Crippen LogP contribution in [0.2, 0.25) is 0 Å². The molecule has 3 rings (SSSR count). The summed E-state index contributed by atoms with van der Waals surface area (Å²) < 4.78 is 17.1. The highest BCUT2D eigenvalue weighted by Gasteiger charge is 2.46. The van der Waals surface area contributed by atoms with Crippen LogP contribution in [0.5, 0.6) is 0 Å². The molecule has 202 valence electrons. The van der Waals surface area contributed by atoms with Crippen molar-refractivity contribution in [3.05, 3.63) is 71.8 Å². The maximum atomic E-state index is 13.1. The van der Waals surface area contributed by atoms with Crippen LogP contribution in [0, 0.1) is 5.92 Å². The molecule has 0 saturated carbocycles. The molecule has 1 amide bonds. The van der Waals surface area contributed by atoms with Crippen molar-refractivity contribution < 1.29 is 23.8 Å². The monoisotopic (exact) mass is 509 g/mol. The minimum absolute atomic E-state index is 0.215. The SMILES string of the molecule is CCOC(=O)C(CCCC(c1ccccc1)c1ccccc1)C[C@H]1COC(C)(C)N1C(=O)OC(C)(C)C. The third-order valence-corrected chi connectivity index (χ3v) is 6.79. The van der Waals surface area contributed by atoms with E-state index in [2.05, 4.69) is 48.5 Å². The van der Waals surface area contributed by atoms with Gasteiger partial charge in [-0.05, 0) is 71.9 Å². The van der Waals surface area contributed by atoms with Crippen LogP contribution in [0.25, 0.3) is 0 Å². The number of hydrogen-bond acceptors (Lipinski definition) is 5. The van der Waals surface area contributed by atoms with Gasteiger partial charge in [0, 0.05) is 5.92 Å². The molecular formula is C31H43NO5. The van der Waals surface area contributed by atoms with E-state index < -0.39 is 17.4 Å². The van der Waals surface area contributed by atoms with Gasteiger partial charge in [0.1, 0.15) is 11.3 Å². The molecule has 0 N–H and O–H groups in total. The van der Waals surface area contributed by atoms with Crippen LogP contribution in [0.4, 0.5) is 4.79 Å². The number of rotatable bonds is 10. The predicted molar refractivity (Wildman–Crippen MR) is 145 cm³/mol. The predicted octanol–water partition coefficient (Wildman–Crippen LogP) is 6.93. The number of benzene rings is 2. The molecule has 2 aromatic carbocycles. The smallest absolute Gasteiger partial charge is 0.412 e. The Morgan fingerprint density at radius 1 is 1.00 bits per heavy atom. The summed E-state index contributed by atoms with van der Waals surface area (Å²) in [6.45, 7) is 11.8. The number of esters is 1. The van der Waals surface area contributed by atoms with Crippen molar-refractivity contribution in [1.82, 2.24) is 4.90 Å². The lowest BCUT2D eigenvalue weighted by Crippen LogP contribution is -2.50. The Kier molecular flexibility index (Phi) is 9.77. The van der Waals surface area contributed by atoms with E-state index >= 15 is 0 Å². The topological polar surface area (TPSA) is 65.1 Å². The van der Waals surface area contributed by atoms with Crippen molar-refractivity contribution >= 4 is 12.1 Å². The molecule has 0 bridgehead atoms. The van der Waals surface area contributed by atoms with Gasteiger partial charge in [0.05, 0.1) is 25.2 Å². The average molecular weight is 510 g/mol. The van der Waals surface area contributed by atoms with Crippen molar-refractivity contribution in [2.45, 2.75) is 90.5 Å². The lowest BCUT2D eigenvalue weighted by molar-refractivity contribution is -0.149. The maximum Gasteiger partial charge on any atom is 0.412 e. The standard InChI is InChI=1S/C31H43NO5/c1-7-35-28(33)25(21-26-22-36-31(5,6)32(26)29(34)37-30(2,3)4)19-14-20-27(23-15-10-8-11-16-23)24-17-12-9-13-18-24/h8-13,15-18,25-27H,7,14,19-22H2,1-6H3/t25?,26-/m0/s1. The van der Waals surface area contributed by atoms with E-state index in [4.69, 9.17) is 14.2 Å². The first-order chi connectivity index (χ1) is 17.5. The van der Waals surface area contributed by atoms with Crippen LogP contribution in [-0.2, 0) is 19.0 Å². The highest BCUT2D eigenvalue weighted by atomic mass is 16.6. The van der Waals surface area contributed by atoms with Crippen LogP contribution in [0.1, 0.15) is 84.3 Å². The first kappa shape index (κ1) is 28.7. The minimum Gasteiger partial charge on any atom is -0.466 e. The van der Waals surface area contributed by atoms with E-state index in [1.54, 1.807) is 4.90 Å². The number of hydrogen-bond donors (Lipinski definition) is 0. The summed E-state index contributed by atoms with van der Waals surface area (Å²) in [7, 11) is 0. The molecule has 2 aromatic rings. The zero-order valence-electron chi connectivity index (χ0n) is 23.2. The molecule has 1 aliphatic heterocycles. The maximum absolute atomic E-state index is 13.1. The number of carbonyl (C=O) groups is 2. The van der Waals surface area contributed by atoms with Gasteiger partial charge < -0.3 is 14.2 Å². The molecule has 6 nitrogen and oxygen atoms in total. The van der Waals surface area contributed by atoms with Gasteiger partial charge in [0.15, 0.2) is 0 Å². The Bertz CT molecular complexity index is 960. The van der Waals surface area contributed by atoms with Gasteiger partial charge in [0.2, 0.25) is 0 Å². The van der Waals surface area contributed by atoms with E-state index in [9.17, 15) is 9.59 Å². The molecule has 1 aliphatic rings. The molecule has 0 spiro atoms. The fraction of sp³-hybridized carbons (Fsp3) is 0.548. The van der Waals surface area contributed by atoms with E-state index in [-0.39, 0.29) is 23.8 Å². The Balaban J connectivity index is 1.74. The second kappa shape index (κ2) is 12.6. The average Bonchev–Trinajstić information content (AvgIpc) is 3.15. The summed E-state index contributed by atoms with van der Waals surface area (Å²) in [5, 5.41) is 0. The Labute approximate surface area is 222 Å². The fourth-order valence-corrected chi connectivity index (χ4v) is 5.12. The number of ether oxygens (including phenoxy) is 3. The highest BCUT2D eigenvalue weighted by Crippen LogP contribution is 2.35. The zero-order chi connectivity index (χ0) is 27.1. The molecule has 1 fully saturated rings. The van der Waals surface area contributed by atoms with E-state index in [1.165, 1.54) is 11.1 Å². The van der Waals surface area contributed by atoms with Crippen molar-refractivity contribution in [2.24, 2.45) is 5.92 Å². The first-order valence-corrected chi connectivity index (χ1v) is 13.4. The number of nitrogens with zero attached hydrogens (tertiary/aromatic N) is 1. The molecule has 1 heterocycles. The van der Waals surface area contributed by atoms with E-state index in [0.717, 1.165) is 12.8 Å². The summed E-state index contributed by atoms with van der Waals surface area (Å²) in [6.07, 6.45) is 2.49. The van der Waals surface area contributed by atoms with Crippen LogP contribution in [0.3, 0.4) is 0 Å². The summed E-state index contributed by atoms with van der Waals surface area (Å²) in [4.78, 5) is 27.8. The summed E-state index contributed by atoms with van der Waals surface area (Å²) in [5.41, 5.74) is 1.11. The van der Waals surface area contributed by atoms with Crippen molar-refractivity contribution in [3.8, 4) is 0 Å². The first-order valence-electron chi connectivity index (χ1n) is 13.4. The van der Waals surface area contributed by atoms with Gasteiger partial charge in [0.25, 0.3) is 0 Å². The molecule has 0 radical (unpaired) electrons. The van der Waals surface area contributed by atoms with Gasteiger partial charge in [-0.2, -0.15) is 0 Å². The van der Waals surface area contributed by atoms with Crippen LogP contribution < -0.4 is 0 Å². The Hall–Kier alpha value is -2.86. The Morgan fingerprint density at radius 3 is 2.08 bits per heavy atom. The molecule has 37 heavy (non-hydrogen) atoms.